The Bertz CT molecular complexity index is 994. The van der Waals surface area contributed by atoms with E-state index in [4.69, 9.17) is 30.5 Å². The summed E-state index contributed by atoms with van der Waals surface area (Å²) in [6, 6.07) is 7.43. The molecule has 0 amide bonds. The molecule has 7 nitrogen and oxygen atoms in total. The van der Waals surface area contributed by atoms with Crippen molar-refractivity contribution in [1.82, 2.24) is 15.6 Å². The first-order chi connectivity index (χ1) is 20.0. The van der Waals surface area contributed by atoms with Gasteiger partial charge in [-0.3, -0.25) is 4.98 Å². The minimum absolute atomic E-state index is 0.0124. The molecular weight excluding hydrogens is 552 g/mol. The summed E-state index contributed by atoms with van der Waals surface area (Å²) in [6.45, 7) is 6.37. The van der Waals surface area contributed by atoms with E-state index in [0.29, 0.717) is 36.3 Å². The largest absolute Gasteiger partial charge is 0.385 e. The fourth-order valence-corrected chi connectivity index (χ4v) is 5.52. The molecule has 10 heteroatoms. The summed E-state index contributed by atoms with van der Waals surface area (Å²) in [5, 5.41) is 7.46. The SMILES string of the molecule is COCCCO[C@@H](c1cc(Cl)ccn1)[C@@H]1CCCNC1.COCCCO[C@@H](c1ccc(F)cc1F)[C@@H]1CCCNC1. The number of hydrogen-bond donors (Lipinski definition) is 2. The second-order valence-corrected chi connectivity index (χ2v) is 11.0. The van der Waals surface area contributed by atoms with Crippen LogP contribution in [0.4, 0.5) is 8.78 Å². The number of ether oxygens (including phenoxy) is 4. The lowest BCUT2D eigenvalue weighted by atomic mass is 9.89. The van der Waals surface area contributed by atoms with Crippen molar-refractivity contribution in [2.45, 2.75) is 50.7 Å². The number of nitrogens with one attached hydrogen (secondary N) is 2. The highest BCUT2D eigenvalue weighted by Crippen LogP contribution is 2.33. The zero-order valence-corrected chi connectivity index (χ0v) is 25.1. The molecule has 0 radical (unpaired) electrons. The minimum atomic E-state index is -0.559. The number of pyridine rings is 1. The molecule has 2 aliphatic rings. The molecule has 4 rings (SSSR count). The van der Waals surface area contributed by atoms with Crippen molar-refractivity contribution in [3.05, 3.63) is 64.4 Å². The normalized spacial score (nSPS) is 20.6. The van der Waals surface area contributed by atoms with Gasteiger partial charge in [0.1, 0.15) is 17.7 Å². The summed E-state index contributed by atoms with van der Waals surface area (Å²) >= 11 is 6.08. The molecule has 1 aromatic heterocycles. The lowest BCUT2D eigenvalue weighted by Crippen LogP contribution is -2.34. The van der Waals surface area contributed by atoms with Crippen LogP contribution in [0.2, 0.25) is 5.02 Å². The third kappa shape index (κ3) is 11.8. The summed E-state index contributed by atoms with van der Waals surface area (Å²) in [5.74, 6) is -0.424. The highest BCUT2D eigenvalue weighted by Gasteiger charge is 2.28. The van der Waals surface area contributed by atoms with E-state index in [1.165, 1.54) is 18.6 Å². The van der Waals surface area contributed by atoms with Gasteiger partial charge in [0, 0.05) is 88.4 Å². The smallest absolute Gasteiger partial charge is 0.131 e. The van der Waals surface area contributed by atoms with E-state index in [1.54, 1.807) is 26.5 Å². The van der Waals surface area contributed by atoms with Gasteiger partial charge in [0.15, 0.2) is 0 Å². The van der Waals surface area contributed by atoms with Crippen LogP contribution in [-0.4, -0.2) is 71.8 Å². The first-order valence-corrected chi connectivity index (χ1v) is 15.1. The topological polar surface area (TPSA) is 73.9 Å². The molecule has 41 heavy (non-hydrogen) atoms. The average Bonchev–Trinajstić information content (AvgIpc) is 2.99. The molecule has 4 atom stereocenters. The Kier molecular flexibility index (Phi) is 16.0. The second kappa shape index (κ2) is 19.5. The van der Waals surface area contributed by atoms with Crippen molar-refractivity contribution < 1.29 is 27.7 Å². The van der Waals surface area contributed by atoms with Gasteiger partial charge in [0.2, 0.25) is 0 Å². The molecule has 0 spiro atoms. The standard InChI is InChI=1S/C16H23F2NO2.C15H23ClN2O2/c1-20-8-3-9-21-16(12-4-2-7-19-11-12)14-6-5-13(17)10-15(14)18;1-19-8-3-9-20-15(12-4-2-6-17-11-12)14-10-13(16)5-7-18-14/h5-6,10,12,16,19H,2-4,7-9,11H2,1H3;5,7,10,12,15,17H,2-4,6,8-9,11H2,1H3/t12-,16-;12-,15-/m11/s1. The number of benzene rings is 1. The Hall–Kier alpha value is -1.72. The Morgan fingerprint density at radius 2 is 1.46 bits per heavy atom. The third-order valence-corrected chi connectivity index (χ3v) is 7.65. The fraction of sp³-hybridized carbons (Fsp3) is 0.645. The minimum Gasteiger partial charge on any atom is -0.385 e. The second-order valence-electron chi connectivity index (χ2n) is 10.6. The predicted octanol–water partition coefficient (Wildman–Crippen LogP) is 5.89. The molecule has 0 aliphatic carbocycles. The highest BCUT2D eigenvalue weighted by atomic mass is 35.5. The molecule has 2 aromatic rings. The van der Waals surface area contributed by atoms with Crippen LogP contribution in [0.3, 0.4) is 0 Å². The van der Waals surface area contributed by atoms with E-state index >= 15 is 0 Å². The maximum absolute atomic E-state index is 14.1. The third-order valence-electron chi connectivity index (χ3n) is 7.41. The summed E-state index contributed by atoms with van der Waals surface area (Å²) in [6.07, 6.45) is 7.46. The van der Waals surface area contributed by atoms with Crippen LogP contribution >= 0.6 is 11.6 Å². The van der Waals surface area contributed by atoms with Crippen molar-refractivity contribution in [3.8, 4) is 0 Å². The lowest BCUT2D eigenvalue weighted by Gasteiger charge is -2.31. The number of hydrogen-bond acceptors (Lipinski definition) is 7. The van der Waals surface area contributed by atoms with E-state index < -0.39 is 11.6 Å². The van der Waals surface area contributed by atoms with Crippen LogP contribution in [0.15, 0.2) is 36.5 Å². The van der Waals surface area contributed by atoms with Crippen molar-refractivity contribution in [2.75, 3.05) is 66.8 Å². The molecule has 0 bridgehead atoms. The number of rotatable bonds is 14. The van der Waals surface area contributed by atoms with Crippen LogP contribution in [-0.2, 0) is 18.9 Å². The van der Waals surface area contributed by atoms with Crippen molar-refractivity contribution in [3.63, 3.8) is 0 Å². The quantitative estimate of drug-likeness (QED) is 0.263. The molecule has 3 heterocycles. The first kappa shape index (κ1) is 33.8. The molecule has 0 saturated carbocycles. The maximum Gasteiger partial charge on any atom is 0.131 e. The summed E-state index contributed by atoms with van der Waals surface area (Å²) in [7, 11) is 3.35. The van der Waals surface area contributed by atoms with Crippen molar-refractivity contribution in [1.29, 1.82) is 0 Å². The Balaban J connectivity index is 0.000000226. The van der Waals surface area contributed by atoms with Gasteiger partial charge in [-0.1, -0.05) is 17.7 Å². The number of aromatic nitrogens is 1. The van der Waals surface area contributed by atoms with Gasteiger partial charge in [-0.15, -0.1) is 0 Å². The van der Waals surface area contributed by atoms with Gasteiger partial charge >= 0.3 is 0 Å². The summed E-state index contributed by atoms with van der Waals surface area (Å²) in [5.41, 5.74) is 1.38. The summed E-state index contributed by atoms with van der Waals surface area (Å²) < 4.78 is 49.2. The Labute approximate surface area is 248 Å². The van der Waals surface area contributed by atoms with Gasteiger partial charge in [-0.05, 0) is 69.8 Å². The van der Waals surface area contributed by atoms with Crippen LogP contribution < -0.4 is 10.6 Å². The molecule has 2 aliphatic heterocycles. The lowest BCUT2D eigenvalue weighted by molar-refractivity contribution is -0.00754. The van der Waals surface area contributed by atoms with E-state index in [9.17, 15) is 8.78 Å². The predicted molar refractivity (Wildman–Crippen MR) is 157 cm³/mol. The number of methoxy groups -OCH3 is 2. The first-order valence-electron chi connectivity index (χ1n) is 14.7. The van der Waals surface area contributed by atoms with Crippen LogP contribution in [0.5, 0.6) is 0 Å². The van der Waals surface area contributed by atoms with E-state index in [-0.39, 0.29) is 18.1 Å². The fourth-order valence-electron chi connectivity index (χ4n) is 5.35. The van der Waals surface area contributed by atoms with Gasteiger partial charge in [0.05, 0.1) is 11.8 Å². The molecule has 230 valence electrons. The van der Waals surface area contributed by atoms with Crippen LogP contribution in [0, 0.1) is 23.5 Å². The molecule has 2 N–H and O–H groups in total. The average molecular weight is 598 g/mol. The Morgan fingerprint density at radius 3 is 2.00 bits per heavy atom. The van der Waals surface area contributed by atoms with E-state index in [0.717, 1.165) is 76.7 Å². The van der Waals surface area contributed by atoms with Gasteiger partial charge in [-0.2, -0.15) is 0 Å². The molecular formula is C31H46ClF2N3O4. The molecule has 2 saturated heterocycles. The van der Waals surface area contributed by atoms with Crippen molar-refractivity contribution in [2.24, 2.45) is 11.8 Å². The molecule has 1 aromatic carbocycles. The van der Waals surface area contributed by atoms with Gasteiger partial charge in [-0.25, -0.2) is 8.78 Å². The molecule has 0 unspecified atom stereocenters. The van der Waals surface area contributed by atoms with Gasteiger partial charge in [0.25, 0.3) is 0 Å². The van der Waals surface area contributed by atoms with Crippen LogP contribution in [0.1, 0.15) is 62.0 Å². The number of nitrogens with zero attached hydrogens (tertiary/aromatic N) is 1. The highest BCUT2D eigenvalue weighted by molar-refractivity contribution is 6.30. The number of piperidine rings is 2. The zero-order valence-electron chi connectivity index (χ0n) is 24.4. The van der Waals surface area contributed by atoms with Gasteiger partial charge < -0.3 is 29.6 Å². The Morgan fingerprint density at radius 1 is 0.854 bits per heavy atom. The summed E-state index contributed by atoms with van der Waals surface area (Å²) in [4.78, 5) is 4.45. The maximum atomic E-state index is 14.1. The zero-order chi connectivity index (χ0) is 29.3. The van der Waals surface area contributed by atoms with E-state index in [2.05, 4.69) is 15.6 Å². The van der Waals surface area contributed by atoms with E-state index in [1.807, 2.05) is 6.07 Å². The van der Waals surface area contributed by atoms with Crippen molar-refractivity contribution >= 4 is 11.6 Å². The van der Waals surface area contributed by atoms with Crippen LogP contribution in [0.25, 0.3) is 0 Å². The number of halogens is 3. The molecule has 2 fully saturated rings. The monoisotopic (exact) mass is 597 g/mol.